The van der Waals surface area contributed by atoms with Crippen LogP contribution in [-0.4, -0.2) is 17.0 Å². The number of aliphatic imine (C=N–C) groups is 1. The standard InChI is InChI=1S/C12H14BrClN2S/c1-7(2)11-6-17-12(16-11)15-10-4-3-8(14)5-9(10)13/h3-5,7,11H,6H2,1-2H3,(H,15,16)/t11-/m1/s1. The third-order valence-electron chi connectivity index (χ3n) is 2.62. The molecule has 1 aliphatic heterocycles. The smallest absolute Gasteiger partial charge is 0.161 e. The van der Waals surface area contributed by atoms with Gasteiger partial charge in [0.25, 0.3) is 0 Å². The van der Waals surface area contributed by atoms with E-state index >= 15 is 0 Å². The van der Waals surface area contributed by atoms with Crippen molar-refractivity contribution >= 4 is 50.1 Å². The zero-order valence-corrected chi connectivity index (χ0v) is 12.9. The molecule has 1 N–H and O–H groups in total. The van der Waals surface area contributed by atoms with E-state index < -0.39 is 0 Å². The van der Waals surface area contributed by atoms with Crippen molar-refractivity contribution in [2.75, 3.05) is 11.1 Å². The average molecular weight is 334 g/mol. The summed E-state index contributed by atoms with van der Waals surface area (Å²) in [6, 6.07) is 6.13. The van der Waals surface area contributed by atoms with Crippen LogP contribution in [-0.2, 0) is 0 Å². The molecule has 0 fully saturated rings. The van der Waals surface area contributed by atoms with Gasteiger partial charge in [-0.2, -0.15) is 0 Å². The molecule has 1 atom stereocenters. The Labute approximate surface area is 119 Å². The molecule has 0 saturated heterocycles. The summed E-state index contributed by atoms with van der Waals surface area (Å²) in [5.74, 6) is 1.65. The van der Waals surface area contributed by atoms with Gasteiger partial charge in [-0.1, -0.05) is 37.2 Å². The molecule has 2 nitrogen and oxygen atoms in total. The Morgan fingerprint density at radius 3 is 2.88 bits per heavy atom. The highest BCUT2D eigenvalue weighted by Gasteiger charge is 2.21. The van der Waals surface area contributed by atoms with Gasteiger partial charge in [0.1, 0.15) is 0 Å². The Bertz CT molecular complexity index is 448. The highest BCUT2D eigenvalue weighted by molar-refractivity contribution is 9.10. The third-order valence-corrected chi connectivity index (χ3v) is 4.50. The molecule has 92 valence electrons. The highest BCUT2D eigenvalue weighted by atomic mass is 79.9. The summed E-state index contributed by atoms with van der Waals surface area (Å²) in [7, 11) is 0. The van der Waals surface area contributed by atoms with Gasteiger partial charge in [0.2, 0.25) is 0 Å². The van der Waals surface area contributed by atoms with Crippen LogP contribution in [0, 0.1) is 5.92 Å². The lowest BCUT2D eigenvalue weighted by Gasteiger charge is -2.08. The molecule has 0 amide bonds. The van der Waals surface area contributed by atoms with Crippen molar-refractivity contribution in [3.8, 4) is 0 Å². The molecule has 0 aromatic heterocycles. The second-order valence-electron chi connectivity index (χ2n) is 4.31. The monoisotopic (exact) mass is 332 g/mol. The molecule has 1 aromatic rings. The first-order chi connectivity index (χ1) is 8.06. The fraction of sp³-hybridized carbons (Fsp3) is 0.417. The van der Waals surface area contributed by atoms with Crippen molar-refractivity contribution in [1.82, 2.24) is 0 Å². The summed E-state index contributed by atoms with van der Waals surface area (Å²) < 4.78 is 0.960. The van der Waals surface area contributed by atoms with Crippen molar-refractivity contribution in [2.45, 2.75) is 19.9 Å². The molecular weight excluding hydrogens is 320 g/mol. The zero-order valence-electron chi connectivity index (χ0n) is 9.71. The lowest BCUT2D eigenvalue weighted by Crippen LogP contribution is -2.12. The quantitative estimate of drug-likeness (QED) is 0.852. The van der Waals surface area contributed by atoms with E-state index in [-0.39, 0.29) is 0 Å². The lowest BCUT2D eigenvalue weighted by atomic mass is 10.1. The van der Waals surface area contributed by atoms with Gasteiger partial charge in [0.05, 0.1) is 11.7 Å². The number of hydrogen-bond acceptors (Lipinski definition) is 3. The first-order valence-corrected chi connectivity index (χ1v) is 7.64. The van der Waals surface area contributed by atoms with E-state index in [0.29, 0.717) is 12.0 Å². The maximum atomic E-state index is 5.91. The van der Waals surface area contributed by atoms with Crippen LogP contribution < -0.4 is 5.32 Å². The van der Waals surface area contributed by atoms with Crippen LogP contribution in [0.25, 0.3) is 0 Å². The molecule has 5 heteroatoms. The van der Waals surface area contributed by atoms with E-state index in [1.165, 1.54) is 0 Å². The number of hydrogen-bond donors (Lipinski definition) is 1. The van der Waals surface area contributed by atoms with E-state index in [2.05, 4.69) is 40.1 Å². The molecule has 0 radical (unpaired) electrons. The van der Waals surface area contributed by atoms with Gasteiger partial charge in [-0.05, 0) is 40.0 Å². The Morgan fingerprint density at radius 2 is 2.29 bits per heavy atom. The zero-order chi connectivity index (χ0) is 12.4. The van der Waals surface area contributed by atoms with Gasteiger partial charge in [-0.15, -0.1) is 0 Å². The molecule has 1 aromatic carbocycles. The summed E-state index contributed by atoms with van der Waals surface area (Å²) >= 11 is 11.2. The Kier molecular flexibility index (Phi) is 4.39. The maximum Gasteiger partial charge on any atom is 0.161 e. The number of amidine groups is 1. The minimum atomic E-state index is 0.425. The largest absolute Gasteiger partial charge is 0.334 e. The van der Waals surface area contributed by atoms with Crippen LogP contribution in [0.2, 0.25) is 5.02 Å². The van der Waals surface area contributed by atoms with Gasteiger partial charge < -0.3 is 5.32 Å². The minimum absolute atomic E-state index is 0.425. The van der Waals surface area contributed by atoms with Gasteiger partial charge in [-0.3, -0.25) is 4.99 Å². The summed E-state index contributed by atoms with van der Waals surface area (Å²) in [6.07, 6.45) is 0. The predicted octanol–water partition coefficient (Wildman–Crippen LogP) is 4.64. The Morgan fingerprint density at radius 1 is 1.53 bits per heavy atom. The molecule has 0 bridgehead atoms. The van der Waals surface area contributed by atoms with E-state index in [1.807, 2.05) is 18.2 Å². The van der Waals surface area contributed by atoms with E-state index in [9.17, 15) is 0 Å². The van der Waals surface area contributed by atoms with Gasteiger partial charge in [0.15, 0.2) is 5.17 Å². The van der Waals surface area contributed by atoms with Crippen LogP contribution in [0.5, 0.6) is 0 Å². The topological polar surface area (TPSA) is 24.4 Å². The molecule has 0 saturated carbocycles. The molecule has 0 unspecified atom stereocenters. The highest BCUT2D eigenvalue weighted by Crippen LogP contribution is 2.29. The van der Waals surface area contributed by atoms with Gasteiger partial charge >= 0.3 is 0 Å². The number of rotatable bonds is 2. The molecule has 1 aliphatic rings. The first kappa shape index (κ1) is 13.2. The van der Waals surface area contributed by atoms with Crippen LogP contribution in [0.1, 0.15) is 13.8 Å². The van der Waals surface area contributed by atoms with Crippen molar-refractivity contribution in [3.63, 3.8) is 0 Å². The van der Waals surface area contributed by atoms with Crippen molar-refractivity contribution in [2.24, 2.45) is 10.9 Å². The number of benzene rings is 1. The van der Waals surface area contributed by atoms with E-state index in [1.54, 1.807) is 11.8 Å². The minimum Gasteiger partial charge on any atom is -0.334 e. The lowest BCUT2D eigenvalue weighted by molar-refractivity contribution is 0.543. The van der Waals surface area contributed by atoms with Gasteiger partial charge in [0, 0.05) is 15.2 Å². The normalized spacial score (nSPS) is 19.6. The number of nitrogens with zero attached hydrogens (tertiary/aromatic N) is 1. The molecule has 17 heavy (non-hydrogen) atoms. The third kappa shape index (κ3) is 3.39. The summed E-state index contributed by atoms with van der Waals surface area (Å²) in [4.78, 5) is 4.66. The molecule has 1 heterocycles. The fourth-order valence-corrected chi connectivity index (χ4v) is 3.47. The van der Waals surface area contributed by atoms with Crippen molar-refractivity contribution < 1.29 is 0 Å². The van der Waals surface area contributed by atoms with Gasteiger partial charge in [-0.25, -0.2) is 0 Å². The van der Waals surface area contributed by atoms with Crippen LogP contribution >= 0.6 is 39.3 Å². The van der Waals surface area contributed by atoms with Crippen molar-refractivity contribution in [1.29, 1.82) is 0 Å². The molecule has 0 aliphatic carbocycles. The molecular formula is C12H14BrClN2S. The van der Waals surface area contributed by atoms with Crippen LogP contribution in [0.15, 0.2) is 27.7 Å². The average Bonchev–Trinajstić information content (AvgIpc) is 2.71. The number of anilines is 1. The number of nitrogens with one attached hydrogen (secondary N) is 1. The van der Waals surface area contributed by atoms with E-state index in [0.717, 1.165) is 26.1 Å². The van der Waals surface area contributed by atoms with Crippen LogP contribution in [0.4, 0.5) is 5.69 Å². The Balaban J connectivity index is 2.09. The van der Waals surface area contributed by atoms with E-state index in [4.69, 9.17) is 11.6 Å². The van der Waals surface area contributed by atoms with Crippen LogP contribution in [0.3, 0.4) is 0 Å². The van der Waals surface area contributed by atoms with Crippen molar-refractivity contribution in [3.05, 3.63) is 27.7 Å². The predicted molar refractivity (Wildman–Crippen MR) is 81.3 cm³/mol. The second-order valence-corrected chi connectivity index (χ2v) is 6.61. The maximum absolute atomic E-state index is 5.91. The second kappa shape index (κ2) is 5.63. The Hall–Kier alpha value is -0.190. The fourth-order valence-electron chi connectivity index (χ4n) is 1.51. The summed E-state index contributed by atoms with van der Waals surface area (Å²) in [5.41, 5.74) is 1.00. The first-order valence-electron chi connectivity index (χ1n) is 5.49. The molecule has 2 rings (SSSR count). The number of halogens is 2. The summed E-state index contributed by atoms with van der Waals surface area (Å²) in [6.45, 7) is 4.41. The molecule has 0 spiro atoms. The summed E-state index contributed by atoms with van der Waals surface area (Å²) in [5, 5.41) is 5.05. The SMILES string of the molecule is CC(C)[C@H]1CSC(Nc2ccc(Cl)cc2Br)=N1. The number of thioether (sulfide) groups is 1.